The molecule has 0 radical (unpaired) electrons. The van der Waals surface area contributed by atoms with E-state index in [1.165, 1.54) is 38.7 Å². The molecule has 0 fully saturated rings. The maximum absolute atomic E-state index is 12.1. The number of thiophene rings is 1. The number of carbonyl (C=O) groups is 2. The van der Waals surface area contributed by atoms with Crippen LogP contribution in [0.25, 0.3) is 0 Å². The first-order chi connectivity index (χ1) is 13.0. The molecule has 0 saturated heterocycles. The first-order valence-electron chi connectivity index (χ1n) is 7.96. The van der Waals surface area contributed by atoms with E-state index in [0.29, 0.717) is 11.3 Å². The van der Waals surface area contributed by atoms with Gasteiger partial charge in [0.05, 0.1) is 45.3 Å². The van der Waals surface area contributed by atoms with Gasteiger partial charge in [0.1, 0.15) is 0 Å². The average molecular weight is 395 g/mol. The first kappa shape index (κ1) is 20.2. The number of nitrogens with one attached hydrogen (secondary N) is 3. The number of hydrogen-bond acceptors (Lipinski definition) is 9. The number of anilines is 2. The fraction of sp³-hybridized carbons (Fsp3) is 0.375. The molecule has 146 valence electrons. The van der Waals surface area contributed by atoms with Gasteiger partial charge in [0.15, 0.2) is 0 Å². The Morgan fingerprint density at radius 3 is 2.37 bits per heavy atom. The molecule has 0 unspecified atom stereocenters. The molecular formula is C16H21N5O5S. The smallest absolute Gasteiger partial charge is 0.340 e. The lowest BCUT2D eigenvalue weighted by Crippen LogP contribution is -2.33. The van der Waals surface area contributed by atoms with E-state index in [-0.39, 0.29) is 24.4 Å². The van der Waals surface area contributed by atoms with Gasteiger partial charge in [0, 0.05) is 10.3 Å². The van der Waals surface area contributed by atoms with Crippen molar-refractivity contribution in [1.29, 1.82) is 0 Å². The molecule has 0 aliphatic carbocycles. The molecule has 10 nitrogen and oxygen atoms in total. The van der Waals surface area contributed by atoms with E-state index in [2.05, 4.69) is 25.9 Å². The van der Waals surface area contributed by atoms with Crippen LogP contribution in [0.4, 0.5) is 16.4 Å². The minimum Gasteiger partial charge on any atom is -0.481 e. The fourth-order valence-corrected chi connectivity index (χ4v) is 3.08. The molecule has 0 aliphatic heterocycles. The summed E-state index contributed by atoms with van der Waals surface area (Å²) in [6, 6.07) is 0.952. The molecule has 2 aromatic rings. The third-order valence-electron chi connectivity index (χ3n) is 3.43. The quantitative estimate of drug-likeness (QED) is 0.459. The predicted octanol–water partition coefficient (Wildman–Crippen LogP) is 2.10. The van der Waals surface area contributed by atoms with Gasteiger partial charge in [-0.3, -0.25) is 5.32 Å². The highest BCUT2D eigenvalue weighted by Crippen LogP contribution is 2.29. The van der Waals surface area contributed by atoms with Crippen LogP contribution in [-0.4, -0.2) is 50.0 Å². The summed E-state index contributed by atoms with van der Waals surface area (Å²) in [5.74, 6) is 0.103. The molecule has 0 atom stereocenters. The summed E-state index contributed by atoms with van der Waals surface area (Å²) in [4.78, 5) is 32.9. The van der Waals surface area contributed by atoms with Crippen LogP contribution in [-0.2, 0) is 11.2 Å². The summed E-state index contributed by atoms with van der Waals surface area (Å²) in [5.41, 5.74) is 1.08. The molecule has 3 N–H and O–H groups in total. The van der Waals surface area contributed by atoms with Crippen molar-refractivity contribution >= 4 is 35.0 Å². The number of nitrogens with zero attached hydrogens (tertiary/aromatic N) is 2. The van der Waals surface area contributed by atoms with E-state index in [9.17, 15) is 9.59 Å². The molecule has 2 rings (SSSR count). The highest BCUT2D eigenvalue weighted by Gasteiger charge is 2.17. The Bertz CT molecular complexity index is 788. The molecule has 0 aromatic carbocycles. The Morgan fingerprint density at radius 2 is 1.81 bits per heavy atom. The number of hydrogen-bond donors (Lipinski definition) is 3. The molecule has 0 spiro atoms. The number of esters is 1. The second-order valence-corrected chi connectivity index (χ2v) is 6.02. The van der Waals surface area contributed by atoms with Crippen molar-refractivity contribution in [1.82, 2.24) is 15.3 Å². The van der Waals surface area contributed by atoms with E-state index in [4.69, 9.17) is 14.2 Å². The van der Waals surface area contributed by atoms with E-state index in [1.54, 1.807) is 5.38 Å². The molecular weight excluding hydrogens is 374 g/mol. The standard InChI is InChI=1S/C16H21N5O5S/c1-5-10-13(9(7-27-10)14(22)26-4)17-8-18-16(23)21-15-19-11(24-2)6-12(20-15)25-3/h6-7,17H,5,8H2,1-4H3,(H2,18,19,20,21,23). The lowest BCUT2D eigenvalue weighted by atomic mass is 10.2. The Labute approximate surface area is 160 Å². The van der Waals surface area contributed by atoms with Crippen molar-refractivity contribution in [2.75, 3.05) is 38.6 Å². The maximum atomic E-state index is 12.1. The third kappa shape index (κ3) is 5.20. The molecule has 27 heavy (non-hydrogen) atoms. The second-order valence-electron chi connectivity index (χ2n) is 5.05. The molecule has 0 aliphatic rings. The number of aromatic nitrogens is 2. The normalized spacial score (nSPS) is 10.1. The second kappa shape index (κ2) is 9.57. The average Bonchev–Trinajstić information content (AvgIpc) is 3.09. The van der Waals surface area contributed by atoms with Gasteiger partial charge >= 0.3 is 12.0 Å². The number of ether oxygens (including phenoxy) is 3. The van der Waals surface area contributed by atoms with Crippen molar-refractivity contribution < 1.29 is 23.8 Å². The van der Waals surface area contributed by atoms with Crippen LogP contribution in [0.5, 0.6) is 11.8 Å². The van der Waals surface area contributed by atoms with Crippen molar-refractivity contribution in [2.24, 2.45) is 0 Å². The van der Waals surface area contributed by atoms with Gasteiger partial charge in [-0.05, 0) is 6.42 Å². The van der Waals surface area contributed by atoms with Crippen molar-refractivity contribution in [3.05, 3.63) is 21.9 Å². The summed E-state index contributed by atoms with van der Waals surface area (Å²) < 4.78 is 14.8. The molecule has 2 aromatic heterocycles. The first-order valence-corrected chi connectivity index (χ1v) is 8.84. The number of urea groups is 1. The van der Waals surface area contributed by atoms with Gasteiger partial charge < -0.3 is 24.8 Å². The van der Waals surface area contributed by atoms with Gasteiger partial charge in [-0.15, -0.1) is 11.3 Å². The largest absolute Gasteiger partial charge is 0.481 e. The lowest BCUT2D eigenvalue weighted by molar-refractivity contribution is 0.0602. The monoisotopic (exact) mass is 395 g/mol. The Hall–Kier alpha value is -3.08. The number of amides is 2. The maximum Gasteiger partial charge on any atom is 0.340 e. The van der Waals surface area contributed by atoms with Gasteiger partial charge in [0.25, 0.3) is 0 Å². The SMILES string of the molecule is CCc1scc(C(=O)OC)c1NCNC(=O)Nc1nc(OC)cc(OC)n1. The summed E-state index contributed by atoms with van der Waals surface area (Å²) >= 11 is 1.45. The predicted molar refractivity (Wildman–Crippen MR) is 101 cm³/mol. The van der Waals surface area contributed by atoms with Crippen LogP contribution in [0.15, 0.2) is 11.4 Å². The molecule has 0 saturated carbocycles. The fourth-order valence-electron chi connectivity index (χ4n) is 2.14. The zero-order chi connectivity index (χ0) is 19.8. The Balaban J connectivity index is 1.97. The van der Waals surface area contributed by atoms with Gasteiger partial charge in [-0.2, -0.15) is 9.97 Å². The number of aryl methyl sites for hydroxylation is 1. The van der Waals surface area contributed by atoms with E-state index >= 15 is 0 Å². The van der Waals surface area contributed by atoms with Crippen LogP contribution in [0.2, 0.25) is 0 Å². The minimum atomic E-state index is -0.536. The Kier molecular flexibility index (Phi) is 7.17. The van der Waals surface area contributed by atoms with Gasteiger partial charge in [0.2, 0.25) is 17.7 Å². The summed E-state index contributed by atoms with van der Waals surface area (Å²) in [7, 11) is 4.21. The zero-order valence-corrected chi connectivity index (χ0v) is 16.2. The summed E-state index contributed by atoms with van der Waals surface area (Å²) in [6.45, 7) is 2.06. The lowest BCUT2D eigenvalue weighted by Gasteiger charge is -2.11. The van der Waals surface area contributed by atoms with Crippen LogP contribution < -0.4 is 25.4 Å². The highest BCUT2D eigenvalue weighted by atomic mass is 32.1. The van der Waals surface area contributed by atoms with E-state index in [0.717, 1.165) is 11.3 Å². The van der Waals surface area contributed by atoms with Crippen LogP contribution >= 0.6 is 11.3 Å². The van der Waals surface area contributed by atoms with Gasteiger partial charge in [-0.1, -0.05) is 6.92 Å². The minimum absolute atomic E-state index is 0.0312. The van der Waals surface area contributed by atoms with Crippen LogP contribution in [0.3, 0.4) is 0 Å². The van der Waals surface area contributed by atoms with E-state index < -0.39 is 12.0 Å². The van der Waals surface area contributed by atoms with Crippen molar-refractivity contribution in [3.63, 3.8) is 0 Å². The highest BCUT2D eigenvalue weighted by molar-refractivity contribution is 7.10. The van der Waals surface area contributed by atoms with Crippen molar-refractivity contribution in [3.8, 4) is 11.8 Å². The third-order valence-corrected chi connectivity index (χ3v) is 4.56. The molecule has 11 heteroatoms. The zero-order valence-electron chi connectivity index (χ0n) is 15.4. The van der Waals surface area contributed by atoms with Crippen LogP contribution in [0, 0.1) is 0 Å². The van der Waals surface area contributed by atoms with Gasteiger partial charge in [-0.25, -0.2) is 9.59 Å². The number of carbonyl (C=O) groups excluding carboxylic acids is 2. The summed E-state index contributed by atoms with van der Waals surface area (Å²) in [6.07, 6.45) is 0.744. The molecule has 0 bridgehead atoms. The molecule has 2 heterocycles. The molecule has 2 amide bonds. The number of methoxy groups -OCH3 is 3. The van der Waals surface area contributed by atoms with E-state index in [1.807, 2.05) is 6.92 Å². The van der Waals surface area contributed by atoms with Crippen LogP contribution in [0.1, 0.15) is 22.2 Å². The topological polar surface area (TPSA) is 124 Å². The Morgan fingerprint density at radius 1 is 1.15 bits per heavy atom. The summed E-state index contributed by atoms with van der Waals surface area (Å²) in [5, 5.41) is 9.86. The van der Waals surface area contributed by atoms with Crippen molar-refractivity contribution in [2.45, 2.75) is 13.3 Å². The number of rotatable bonds is 8.